The number of benzene rings is 2. The standard InChI is InChI=1S/C21H25BrN2O3/c1-16-4-3-5-19(12-16)27-15-21(25)24-10-8-23(9-11-24)14-17-13-18(22)6-7-20(17)26-2/h3-7,12-13H,8-11,14-15H2,1-2H3/p+1. The minimum absolute atomic E-state index is 0.0515. The van der Waals surface area contributed by atoms with Crippen molar-refractivity contribution in [1.29, 1.82) is 0 Å². The number of carbonyl (C=O) groups excluding carboxylic acids is 1. The average Bonchev–Trinajstić information content (AvgIpc) is 2.67. The summed E-state index contributed by atoms with van der Waals surface area (Å²) in [5.74, 6) is 1.71. The number of hydrogen-bond donors (Lipinski definition) is 1. The molecule has 1 heterocycles. The Balaban J connectivity index is 1.48. The molecule has 0 unspecified atom stereocenters. The second-order valence-corrected chi connectivity index (χ2v) is 7.78. The topological polar surface area (TPSA) is 43.2 Å². The number of nitrogens with one attached hydrogen (secondary N) is 1. The van der Waals surface area contributed by atoms with Gasteiger partial charge in [0.15, 0.2) is 6.61 Å². The second-order valence-electron chi connectivity index (χ2n) is 6.87. The molecular formula is C21H26BrN2O3+. The molecule has 27 heavy (non-hydrogen) atoms. The van der Waals surface area contributed by atoms with Crippen LogP contribution in [0.2, 0.25) is 0 Å². The van der Waals surface area contributed by atoms with Gasteiger partial charge in [0.05, 0.1) is 33.3 Å². The number of amides is 1. The van der Waals surface area contributed by atoms with Gasteiger partial charge in [0.1, 0.15) is 18.0 Å². The van der Waals surface area contributed by atoms with Gasteiger partial charge in [-0.05, 0) is 42.8 Å². The first-order chi connectivity index (χ1) is 13.0. The van der Waals surface area contributed by atoms with Crippen molar-refractivity contribution < 1.29 is 19.2 Å². The van der Waals surface area contributed by atoms with Gasteiger partial charge in [-0.25, -0.2) is 0 Å². The van der Waals surface area contributed by atoms with Crippen LogP contribution in [0.25, 0.3) is 0 Å². The number of piperazine rings is 1. The highest BCUT2D eigenvalue weighted by Gasteiger charge is 2.24. The highest BCUT2D eigenvalue weighted by atomic mass is 79.9. The Bertz CT molecular complexity index is 789. The summed E-state index contributed by atoms with van der Waals surface area (Å²) >= 11 is 3.53. The van der Waals surface area contributed by atoms with E-state index < -0.39 is 0 Å². The van der Waals surface area contributed by atoms with Gasteiger partial charge in [-0.15, -0.1) is 0 Å². The molecule has 2 aromatic rings. The lowest BCUT2D eigenvalue weighted by Gasteiger charge is -2.32. The summed E-state index contributed by atoms with van der Waals surface area (Å²) < 4.78 is 12.2. The number of quaternary nitrogens is 1. The maximum Gasteiger partial charge on any atom is 0.260 e. The van der Waals surface area contributed by atoms with Crippen LogP contribution in [0.4, 0.5) is 0 Å². The van der Waals surface area contributed by atoms with Crippen LogP contribution in [-0.4, -0.2) is 50.7 Å². The van der Waals surface area contributed by atoms with E-state index in [1.807, 2.05) is 48.2 Å². The highest BCUT2D eigenvalue weighted by Crippen LogP contribution is 2.22. The number of halogens is 1. The van der Waals surface area contributed by atoms with E-state index in [1.165, 1.54) is 10.5 Å². The van der Waals surface area contributed by atoms with E-state index in [0.29, 0.717) is 0 Å². The van der Waals surface area contributed by atoms with Crippen molar-refractivity contribution in [2.24, 2.45) is 0 Å². The molecule has 1 fully saturated rings. The number of ether oxygens (including phenoxy) is 2. The molecule has 5 nitrogen and oxygen atoms in total. The minimum Gasteiger partial charge on any atom is -0.496 e. The average molecular weight is 434 g/mol. The third kappa shape index (κ3) is 5.47. The zero-order chi connectivity index (χ0) is 19.2. The van der Waals surface area contributed by atoms with Crippen LogP contribution in [0.5, 0.6) is 11.5 Å². The molecule has 1 aliphatic rings. The molecule has 0 radical (unpaired) electrons. The first kappa shape index (κ1) is 19.7. The molecule has 0 aromatic heterocycles. The third-order valence-electron chi connectivity index (χ3n) is 4.86. The zero-order valence-electron chi connectivity index (χ0n) is 15.8. The smallest absolute Gasteiger partial charge is 0.260 e. The first-order valence-corrected chi connectivity index (χ1v) is 9.97. The predicted octanol–water partition coefficient (Wildman–Crippen LogP) is 2.07. The summed E-state index contributed by atoms with van der Waals surface area (Å²) in [6.45, 7) is 6.35. The van der Waals surface area contributed by atoms with Crippen LogP contribution in [0, 0.1) is 6.92 Å². The van der Waals surface area contributed by atoms with Crippen molar-refractivity contribution >= 4 is 21.8 Å². The molecule has 0 saturated carbocycles. The Morgan fingerprint density at radius 1 is 1.19 bits per heavy atom. The van der Waals surface area contributed by atoms with E-state index in [4.69, 9.17) is 9.47 Å². The first-order valence-electron chi connectivity index (χ1n) is 9.18. The largest absolute Gasteiger partial charge is 0.496 e. The maximum absolute atomic E-state index is 12.4. The van der Waals surface area contributed by atoms with Gasteiger partial charge >= 0.3 is 0 Å². The Kier molecular flexibility index (Phi) is 6.74. The molecule has 1 saturated heterocycles. The number of aryl methyl sites for hydroxylation is 1. The molecule has 0 bridgehead atoms. The van der Waals surface area contributed by atoms with Gasteiger partial charge in [0.25, 0.3) is 5.91 Å². The Morgan fingerprint density at radius 2 is 1.96 bits per heavy atom. The number of methoxy groups -OCH3 is 1. The van der Waals surface area contributed by atoms with Crippen LogP contribution in [0.15, 0.2) is 46.9 Å². The number of rotatable bonds is 6. The molecule has 1 amide bonds. The quantitative estimate of drug-likeness (QED) is 0.757. The summed E-state index contributed by atoms with van der Waals surface area (Å²) in [4.78, 5) is 15.8. The monoisotopic (exact) mass is 433 g/mol. The highest BCUT2D eigenvalue weighted by molar-refractivity contribution is 9.10. The van der Waals surface area contributed by atoms with Crippen molar-refractivity contribution in [3.05, 3.63) is 58.1 Å². The maximum atomic E-state index is 12.4. The number of carbonyl (C=O) groups is 1. The van der Waals surface area contributed by atoms with Crippen LogP contribution in [0.3, 0.4) is 0 Å². The molecule has 3 rings (SSSR count). The lowest BCUT2D eigenvalue weighted by molar-refractivity contribution is -0.917. The fraction of sp³-hybridized carbons (Fsp3) is 0.381. The summed E-state index contributed by atoms with van der Waals surface area (Å²) in [6, 6.07) is 13.9. The van der Waals surface area contributed by atoms with Crippen LogP contribution >= 0.6 is 15.9 Å². The fourth-order valence-corrected chi connectivity index (χ4v) is 3.75. The summed E-state index contributed by atoms with van der Waals surface area (Å²) in [5, 5.41) is 0. The molecule has 0 atom stereocenters. The summed E-state index contributed by atoms with van der Waals surface area (Å²) in [5.41, 5.74) is 2.31. The van der Waals surface area contributed by atoms with Gasteiger partial charge in [0.2, 0.25) is 0 Å². The van der Waals surface area contributed by atoms with Gasteiger partial charge in [-0.1, -0.05) is 28.1 Å². The summed E-state index contributed by atoms with van der Waals surface area (Å²) in [7, 11) is 1.70. The number of hydrogen-bond acceptors (Lipinski definition) is 3. The normalized spacial score (nSPS) is 14.9. The van der Waals surface area contributed by atoms with Crippen LogP contribution in [0.1, 0.15) is 11.1 Å². The van der Waals surface area contributed by atoms with Crippen molar-refractivity contribution in [2.75, 3.05) is 39.9 Å². The molecule has 6 heteroatoms. The summed E-state index contributed by atoms with van der Waals surface area (Å²) in [6.07, 6.45) is 0. The van der Waals surface area contributed by atoms with Crippen molar-refractivity contribution in [3.63, 3.8) is 0 Å². The fourth-order valence-electron chi connectivity index (χ4n) is 3.35. The van der Waals surface area contributed by atoms with Crippen LogP contribution < -0.4 is 14.4 Å². The zero-order valence-corrected chi connectivity index (χ0v) is 17.4. The molecular weight excluding hydrogens is 408 g/mol. The van der Waals surface area contributed by atoms with E-state index in [1.54, 1.807) is 7.11 Å². The molecule has 0 spiro atoms. The third-order valence-corrected chi connectivity index (χ3v) is 5.35. The van der Waals surface area contributed by atoms with Crippen LogP contribution in [-0.2, 0) is 11.3 Å². The van der Waals surface area contributed by atoms with Gasteiger partial charge in [-0.3, -0.25) is 4.79 Å². The molecule has 2 aromatic carbocycles. The number of nitrogens with zero attached hydrogens (tertiary/aromatic N) is 1. The lowest BCUT2D eigenvalue weighted by atomic mass is 10.1. The van der Waals surface area contributed by atoms with Crippen molar-refractivity contribution in [1.82, 2.24) is 4.90 Å². The molecule has 0 aliphatic carbocycles. The van der Waals surface area contributed by atoms with E-state index in [0.717, 1.165) is 54.3 Å². The van der Waals surface area contributed by atoms with E-state index >= 15 is 0 Å². The lowest BCUT2D eigenvalue weighted by Crippen LogP contribution is -3.13. The Hall–Kier alpha value is -2.05. The van der Waals surface area contributed by atoms with E-state index in [-0.39, 0.29) is 12.5 Å². The van der Waals surface area contributed by atoms with Crippen molar-refractivity contribution in [3.8, 4) is 11.5 Å². The van der Waals surface area contributed by atoms with Gasteiger partial charge < -0.3 is 19.3 Å². The van der Waals surface area contributed by atoms with Gasteiger partial charge in [0, 0.05) is 10.0 Å². The second kappa shape index (κ2) is 9.24. The van der Waals surface area contributed by atoms with E-state index in [9.17, 15) is 4.79 Å². The Morgan fingerprint density at radius 3 is 2.67 bits per heavy atom. The minimum atomic E-state index is 0.0515. The van der Waals surface area contributed by atoms with Gasteiger partial charge in [-0.2, -0.15) is 0 Å². The predicted molar refractivity (Wildman–Crippen MR) is 108 cm³/mol. The Labute approximate surface area is 169 Å². The van der Waals surface area contributed by atoms with Crippen molar-refractivity contribution in [2.45, 2.75) is 13.5 Å². The molecule has 1 aliphatic heterocycles. The van der Waals surface area contributed by atoms with E-state index in [2.05, 4.69) is 22.0 Å². The molecule has 1 N–H and O–H groups in total. The SMILES string of the molecule is COc1ccc(Br)cc1C[NH+]1CCN(C(=O)COc2cccc(C)c2)CC1. The molecule has 144 valence electrons.